The molecule has 1 aromatic carbocycles. The van der Waals surface area contributed by atoms with Crippen LogP contribution in [0.3, 0.4) is 0 Å². The number of anilines is 1. The topological polar surface area (TPSA) is 71.3 Å². The third-order valence-electron chi connectivity index (χ3n) is 4.95. The number of nitrogens with zero attached hydrogens (tertiary/aromatic N) is 5. The Morgan fingerprint density at radius 1 is 1.04 bits per heavy atom. The molecule has 0 radical (unpaired) electrons. The number of benzene rings is 1. The SMILES string of the molecule is Cc1cncc(N2CCN(C(=O)c3nn(C)c(=O)c4ccccc34)CC2)c1. The number of hydrogen-bond acceptors (Lipinski definition) is 5. The summed E-state index contributed by atoms with van der Waals surface area (Å²) in [6.07, 6.45) is 3.69. The molecule has 3 heterocycles. The zero-order valence-electron chi connectivity index (χ0n) is 15.4. The molecule has 1 aliphatic heterocycles. The number of fused-ring (bicyclic) bond motifs is 1. The molecular weight excluding hydrogens is 342 g/mol. The quantitative estimate of drug-likeness (QED) is 0.692. The molecule has 3 aromatic rings. The van der Waals surface area contributed by atoms with Gasteiger partial charge in [0.2, 0.25) is 0 Å². The first-order valence-electron chi connectivity index (χ1n) is 8.96. The Hall–Kier alpha value is -3.22. The van der Waals surface area contributed by atoms with Crippen molar-refractivity contribution in [3.63, 3.8) is 0 Å². The molecule has 2 aromatic heterocycles. The van der Waals surface area contributed by atoms with Crippen molar-refractivity contribution in [3.8, 4) is 0 Å². The normalized spacial score (nSPS) is 14.6. The zero-order valence-corrected chi connectivity index (χ0v) is 15.4. The fourth-order valence-electron chi connectivity index (χ4n) is 3.49. The van der Waals surface area contributed by atoms with Gasteiger partial charge in [-0.1, -0.05) is 18.2 Å². The summed E-state index contributed by atoms with van der Waals surface area (Å²) in [7, 11) is 1.58. The van der Waals surface area contributed by atoms with Crippen molar-refractivity contribution >= 4 is 22.4 Å². The van der Waals surface area contributed by atoms with Gasteiger partial charge in [0.05, 0.1) is 17.3 Å². The first-order chi connectivity index (χ1) is 13.0. The van der Waals surface area contributed by atoms with Crippen LogP contribution >= 0.6 is 0 Å². The summed E-state index contributed by atoms with van der Waals surface area (Å²) in [6, 6.07) is 9.24. The summed E-state index contributed by atoms with van der Waals surface area (Å²) in [6.45, 7) is 4.70. The molecule has 1 amide bonds. The van der Waals surface area contributed by atoms with E-state index in [0.29, 0.717) is 29.6 Å². The molecule has 1 fully saturated rings. The molecule has 1 aliphatic rings. The Labute approximate surface area is 156 Å². The van der Waals surface area contributed by atoms with E-state index in [9.17, 15) is 9.59 Å². The van der Waals surface area contributed by atoms with Crippen LogP contribution in [0.4, 0.5) is 5.69 Å². The van der Waals surface area contributed by atoms with Gasteiger partial charge in [-0.25, -0.2) is 4.68 Å². The van der Waals surface area contributed by atoms with Crippen molar-refractivity contribution in [3.05, 3.63) is 64.3 Å². The molecule has 7 heteroatoms. The van der Waals surface area contributed by atoms with Gasteiger partial charge >= 0.3 is 0 Å². The van der Waals surface area contributed by atoms with Crippen LogP contribution in [0, 0.1) is 6.92 Å². The number of carbonyl (C=O) groups excluding carboxylic acids is 1. The molecule has 4 rings (SSSR count). The van der Waals surface area contributed by atoms with Gasteiger partial charge in [0.15, 0.2) is 5.69 Å². The second kappa shape index (κ2) is 6.83. The number of aryl methyl sites for hydroxylation is 2. The van der Waals surface area contributed by atoms with Crippen LogP contribution in [0.15, 0.2) is 47.5 Å². The van der Waals surface area contributed by atoms with Gasteiger partial charge in [-0.15, -0.1) is 0 Å². The summed E-state index contributed by atoms with van der Waals surface area (Å²) in [4.78, 5) is 33.6. The minimum absolute atomic E-state index is 0.135. The number of aromatic nitrogens is 3. The summed E-state index contributed by atoms with van der Waals surface area (Å²) < 4.78 is 1.24. The van der Waals surface area contributed by atoms with Crippen molar-refractivity contribution in [1.82, 2.24) is 19.7 Å². The molecule has 0 aliphatic carbocycles. The number of carbonyl (C=O) groups is 1. The predicted octanol–water partition coefficient (Wildman–Crippen LogP) is 1.60. The van der Waals surface area contributed by atoms with Crippen molar-refractivity contribution < 1.29 is 4.79 Å². The van der Waals surface area contributed by atoms with E-state index in [2.05, 4.69) is 21.0 Å². The van der Waals surface area contributed by atoms with Crippen LogP contribution in [0.2, 0.25) is 0 Å². The van der Waals surface area contributed by atoms with E-state index in [1.807, 2.05) is 25.4 Å². The van der Waals surface area contributed by atoms with E-state index < -0.39 is 0 Å². The number of rotatable bonds is 2. The van der Waals surface area contributed by atoms with Crippen molar-refractivity contribution in [2.75, 3.05) is 31.1 Å². The smallest absolute Gasteiger partial charge is 0.275 e. The first-order valence-corrected chi connectivity index (χ1v) is 8.96. The highest BCUT2D eigenvalue weighted by Gasteiger charge is 2.25. The second-order valence-corrected chi connectivity index (χ2v) is 6.82. The van der Waals surface area contributed by atoms with Gasteiger partial charge in [-0.3, -0.25) is 14.6 Å². The van der Waals surface area contributed by atoms with E-state index in [4.69, 9.17) is 0 Å². The lowest BCUT2D eigenvalue weighted by Crippen LogP contribution is -2.49. The molecule has 0 bridgehead atoms. The maximum absolute atomic E-state index is 13.1. The molecule has 27 heavy (non-hydrogen) atoms. The van der Waals surface area contributed by atoms with E-state index in [-0.39, 0.29) is 11.5 Å². The Morgan fingerprint density at radius 3 is 2.44 bits per heavy atom. The Kier molecular flexibility index (Phi) is 4.35. The third-order valence-corrected chi connectivity index (χ3v) is 4.95. The predicted molar refractivity (Wildman–Crippen MR) is 104 cm³/mol. The maximum Gasteiger partial charge on any atom is 0.275 e. The van der Waals surface area contributed by atoms with Crippen molar-refractivity contribution in [1.29, 1.82) is 0 Å². The molecule has 0 atom stereocenters. The first kappa shape index (κ1) is 17.2. The van der Waals surface area contributed by atoms with Gasteiger partial charge in [-0.2, -0.15) is 5.10 Å². The molecule has 0 unspecified atom stereocenters. The Morgan fingerprint density at radius 2 is 1.74 bits per heavy atom. The minimum Gasteiger partial charge on any atom is -0.367 e. The van der Waals surface area contributed by atoms with Gasteiger partial charge in [0.1, 0.15) is 0 Å². The monoisotopic (exact) mass is 363 g/mol. The fraction of sp³-hybridized carbons (Fsp3) is 0.300. The Balaban J connectivity index is 1.58. The van der Waals surface area contributed by atoms with E-state index in [1.54, 1.807) is 30.1 Å². The largest absolute Gasteiger partial charge is 0.367 e. The van der Waals surface area contributed by atoms with E-state index in [1.165, 1.54) is 4.68 Å². The highest BCUT2D eigenvalue weighted by molar-refractivity contribution is 6.04. The lowest BCUT2D eigenvalue weighted by Gasteiger charge is -2.36. The molecule has 138 valence electrons. The van der Waals surface area contributed by atoms with Crippen LogP contribution < -0.4 is 10.5 Å². The highest BCUT2D eigenvalue weighted by atomic mass is 16.2. The summed E-state index contributed by atoms with van der Waals surface area (Å²) >= 11 is 0. The third kappa shape index (κ3) is 3.16. The van der Waals surface area contributed by atoms with E-state index in [0.717, 1.165) is 24.3 Å². The van der Waals surface area contributed by atoms with Crippen molar-refractivity contribution in [2.24, 2.45) is 7.05 Å². The summed E-state index contributed by atoms with van der Waals surface area (Å²) in [5, 5.41) is 5.38. The molecule has 0 saturated carbocycles. The minimum atomic E-state index is -0.195. The fourth-order valence-corrected chi connectivity index (χ4v) is 3.49. The van der Waals surface area contributed by atoms with Gasteiger partial charge in [0.25, 0.3) is 11.5 Å². The van der Waals surface area contributed by atoms with Crippen LogP contribution in [0.1, 0.15) is 16.1 Å². The van der Waals surface area contributed by atoms with Gasteiger partial charge < -0.3 is 9.80 Å². The molecule has 1 saturated heterocycles. The number of pyridine rings is 1. The van der Waals surface area contributed by atoms with Crippen LogP contribution in [0.5, 0.6) is 0 Å². The highest BCUT2D eigenvalue weighted by Crippen LogP contribution is 2.19. The molecule has 0 spiro atoms. The lowest BCUT2D eigenvalue weighted by molar-refractivity contribution is 0.0740. The summed E-state index contributed by atoms with van der Waals surface area (Å²) in [5.41, 5.74) is 2.33. The number of piperazine rings is 1. The molecule has 7 nitrogen and oxygen atoms in total. The van der Waals surface area contributed by atoms with Gasteiger partial charge in [-0.05, 0) is 24.6 Å². The van der Waals surface area contributed by atoms with Gasteiger partial charge in [0, 0.05) is 44.8 Å². The van der Waals surface area contributed by atoms with E-state index >= 15 is 0 Å². The second-order valence-electron chi connectivity index (χ2n) is 6.82. The zero-order chi connectivity index (χ0) is 19.0. The molecular formula is C20H21N5O2. The van der Waals surface area contributed by atoms with Crippen molar-refractivity contribution in [2.45, 2.75) is 6.92 Å². The summed E-state index contributed by atoms with van der Waals surface area (Å²) in [5.74, 6) is -0.135. The van der Waals surface area contributed by atoms with Crippen LogP contribution in [-0.4, -0.2) is 51.8 Å². The lowest BCUT2D eigenvalue weighted by atomic mass is 10.1. The number of amides is 1. The average Bonchev–Trinajstić information content (AvgIpc) is 2.70. The Bertz CT molecular complexity index is 1070. The van der Waals surface area contributed by atoms with Crippen LogP contribution in [0.25, 0.3) is 10.8 Å². The number of hydrogen-bond donors (Lipinski definition) is 0. The van der Waals surface area contributed by atoms with Crippen LogP contribution in [-0.2, 0) is 7.05 Å². The maximum atomic E-state index is 13.1. The average molecular weight is 363 g/mol. The molecule has 0 N–H and O–H groups in total. The standard InChI is InChI=1S/C20H21N5O2/c1-14-11-15(13-21-12-14)24-7-9-25(10-8-24)20(27)18-16-5-3-4-6-17(16)19(26)23(2)22-18/h3-6,11-13H,7-10H2,1-2H3.